The maximum Gasteiger partial charge on any atom is 0.194 e. The lowest BCUT2D eigenvalue weighted by Crippen LogP contribution is -2.06. The van der Waals surface area contributed by atoms with E-state index in [0.717, 1.165) is 26.5 Å². The Morgan fingerprint density at radius 2 is 1.35 bits per heavy atom. The normalized spacial score (nSPS) is 11.0. The van der Waals surface area contributed by atoms with E-state index in [1.165, 1.54) is 16.7 Å². The van der Waals surface area contributed by atoms with E-state index in [1.54, 1.807) is 11.8 Å². The topological polar surface area (TPSA) is 17.1 Å². The standard InChI is InChI=1S/C29H26OS/c1-20(2)24-14-13-21(3)27(19-24)29(30)26-11-7-8-12-28(26)31-25-17-15-23(16-18-25)22-9-5-4-6-10-22/h4-20H,1-3H3. The maximum atomic E-state index is 13.5. The summed E-state index contributed by atoms with van der Waals surface area (Å²) in [7, 11) is 0. The van der Waals surface area contributed by atoms with Crippen LogP contribution < -0.4 is 0 Å². The van der Waals surface area contributed by atoms with Crippen LogP contribution in [-0.2, 0) is 0 Å². The number of aryl methyl sites for hydroxylation is 1. The molecule has 0 N–H and O–H groups in total. The second-order valence-electron chi connectivity index (χ2n) is 8.05. The number of carbonyl (C=O) groups excluding carboxylic acids is 1. The Bertz CT molecular complexity index is 1190. The molecule has 31 heavy (non-hydrogen) atoms. The van der Waals surface area contributed by atoms with Crippen LogP contribution in [0.3, 0.4) is 0 Å². The van der Waals surface area contributed by atoms with Gasteiger partial charge in [-0.1, -0.05) is 92.3 Å². The molecule has 0 radical (unpaired) electrons. The van der Waals surface area contributed by atoms with Crippen LogP contribution in [0.25, 0.3) is 11.1 Å². The molecule has 0 saturated heterocycles. The Morgan fingerprint density at radius 1 is 0.710 bits per heavy atom. The van der Waals surface area contributed by atoms with Crippen LogP contribution in [-0.4, -0.2) is 5.78 Å². The maximum absolute atomic E-state index is 13.5. The van der Waals surface area contributed by atoms with Crippen LogP contribution >= 0.6 is 11.8 Å². The van der Waals surface area contributed by atoms with Gasteiger partial charge >= 0.3 is 0 Å². The lowest BCUT2D eigenvalue weighted by atomic mass is 9.93. The molecule has 1 nitrogen and oxygen atoms in total. The van der Waals surface area contributed by atoms with Gasteiger partial charge in [-0.25, -0.2) is 0 Å². The summed E-state index contributed by atoms with van der Waals surface area (Å²) in [6, 6.07) is 33.0. The van der Waals surface area contributed by atoms with Gasteiger partial charge < -0.3 is 0 Å². The molecule has 0 aliphatic heterocycles. The Labute approximate surface area is 189 Å². The zero-order valence-electron chi connectivity index (χ0n) is 18.1. The van der Waals surface area contributed by atoms with E-state index in [4.69, 9.17) is 0 Å². The molecule has 0 atom stereocenters. The van der Waals surface area contributed by atoms with Crippen LogP contribution in [0.5, 0.6) is 0 Å². The third kappa shape index (κ3) is 4.81. The second kappa shape index (κ2) is 9.36. The van der Waals surface area contributed by atoms with E-state index < -0.39 is 0 Å². The molecule has 0 bridgehead atoms. The summed E-state index contributed by atoms with van der Waals surface area (Å²) in [5, 5.41) is 0. The highest BCUT2D eigenvalue weighted by molar-refractivity contribution is 7.99. The molecule has 0 aliphatic rings. The lowest BCUT2D eigenvalue weighted by Gasteiger charge is -2.13. The largest absolute Gasteiger partial charge is 0.289 e. The summed E-state index contributed by atoms with van der Waals surface area (Å²) in [5.74, 6) is 0.476. The molecule has 154 valence electrons. The minimum Gasteiger partial charge on any atom is -0.289 e. The summed E-state index contributed by atoms with van der Waals surface area (Å²) in [5.41, 5.74) is 6.14. The second-order valence-corrected chi connectivity index (χ2v) is 9.16. The van der Waals surface area contributed by atoms with Gasteiger partial charge in [-0.05, 0) is 65.4 Å². The van der Waals surface area contributed by atoms with Gasteiger partial charge in [-0.2, -0.15) is 0 Å². The monoisotopic (exact) mass is 422 g/mol. The van der Waals surface area contributed by atoms with E-state index in [0.29, 0.717) is 5.92 Å². The highest BCUT2D eigenvalue weighted by Gasteiger charge is 2.17. The van der Waals surface area contributed by atoms with Crippen molar-refractivity contribution < 1.29 is 4.79 Å². The van der Waals surface area contributed by atoms with Gasteiger partial charge in [-0.3, -0.25) is 4.79 Å². The molecule has 0 spiro atoms. The highest BCUT2D eigenvalue weighted by atomic mass is 32.2. The number of benzene rings is 4. The SMILES string of the molecule is Cc1ccc(C(C)C)cc1C(=O)c1ccccc1Sc1ccc(-c2ccccc2)cc1. The smallest absolute Gasteiger partial charge is 0.194 e. The molecular formula is C29H26OS. The van der Waals surface area contributed by atoms with Gasteiger partial charge in [0, 0.05) is 20.9 Å². The predicted molar refractivity (Wildman–Crippen MR) is 131 cm³/mol. The van der Waals surface area contributed by atoms with Gasteiger partial charge in [0.25, 0.3) is 0 Å². The minimum absolute atomic E-state index is 0.0870. The Balaban J connectivity index is 1.62. The van der Waals surface area contributed by atoms with Crippen LogP contribution in [0.1, 0.15) is 46.8 Å². The number of hydrogen-bond donors (Lipinski definition) is 0. The average Bonchev–Trinajstić information content (AvgIpc) is 2.80. The van der Waals surface area contributed by atoms with E-state index in [1.807, 2.05) is 37.3 Å². The number of rotatable bonds is 6. The first-order valence-corrected chi connectivity index (χ1v) is 11.4. The Morgan fingerprint density at radius 3 is 2.06 bits per heavy atom. The third-order valence-electron chi connectivity index (χ3n) is 5.49. The molecule has 4 aromatic rings. The molecule has 0 amide bonds. The lowest BCUT2D eigenvalue weighted by molar-refractivity contribution is 0.103. The van der Waals surface area contributed by atoms with Crippen molar-refractivity contribution in [3.8, 4) is 11.1 Å². The molecule has 2 heteroatoms. The molecule has 0 fully saturated rings. The summed E-state index contributed by atoms with van der Waals surface area (Å²) in [6.45, 7) is 6.32. The fourth-order valence-corrected chi connectivity index (χ4v) is 4.55. The Kier molecular flexibility index (Phi) is 6.39. The molecule has 0 saturated carbocycles. The van der Waals surface area contributed by atoms with Crippen molar-refractivity contribution in [1.29, 1.82) is 0 Å². The summed E-state index contributed by atoms with van der Waals surface area (Å²) in [4.78, 5) is 15.6. The zero-order valence-corrected chi connectivity index (χ0v) is 18.9. The highest BCUT2D eigenvalue weighted by Crippen LogP contribution is 2.33. The quantitative estimate of drug-likeness (QED) is 0.291. The third-order valence-corrected chi connectivity index (χ3v) is 6.58. The van der Waals surface area contributed by atoms with Crippen molar-refractivity contribution in [2.45, 2.75) is 36.5 Å². The van der Waals surface area contributed by atoms with Gasteiger partial charge in [0.15, 0.2) is 5.78 Å². The van der Waals surface area contributed by atoms with Crippen LogP contribution in [0.2, 0.25) is 0 Å². The first-order chi connectivity index (χ1) is 15.0. The Hall–Kier alpha value is -3.10. The molecule has 4 aromatic carbocycles. The first kappa shape index (κ1) is 21.1. The molecule has 0 unspecified atom stereocenters. The van der Waals surface area contributed by atoms with Gasteiger partial charge in [0.2, 0.25) is 0 Å². The van der Waals surface area contributed by atoms with Crippen molar-refractivity contribution in [2.75, 3.05) is 0 Å². The minimum atomic E-state index is 0.0870. The predicted octanol–water partition coefficient (Wildman–Crippen LogP) is 8.17. The van der Waals surface area contributed by atoms with Crippen LogP contribution in [0.4, 0.5) is 0 Å². The van der Waals surface area contributed by atoms with Crippen molar-refractivity contribution in [1.82, 2.24) is 0 Å². The summed E-state index contributed by atoms with van der Waals surface area (Å²) in [6.07, 6.45) is 0. The van der Waals surface area contributed by atoms with E-state index in [9.17, 15) is 4.79 Å². The molecule has 0 heterocycles. The molecule has 4 rings (SSSR count). The van der Waals surface area contributed by atoms with Crippen LogP contribution in [0, 0.1) is 6.92 Å². The average molecular weight is 423 g/mol. The molecule has 0 aliphatic carbocycles. The molecular weight excluding hydrogens is 396 g/mol. The fraction of sp³-hybridized carbons (Fsp3) is 0.138. The van der Waals surface area contributed by atoms with Crippen molar-refractivity contribution in [3.63, 3.8) is 0 Å². The van der Waals surface area contributed by atoms with Gasteiger partial charge in [0.05, 0.1) is 0 Å². The number of carbonyl (C=O) groups is 1. The molecule has 0 aromatic heterocycles. The van der Waals surface area contributed by atoms with Gasteiger partial charge in [0.1, 0.15) is 0 Å². The van der Waals surface area contributed by atoms with Crippen molar-refractivity contribution >= 4 is 17.5 Å². The van der Waals surface area contributed by atoms with Crippen LogP contribution in [0.15, 0.2) is 107 Å². The summed E-state index contributed by atoms with van der Waals surface area (Å²) < 4.78 is 0. The number of ketones is 1. The fourth-order valence-electron chi connectivity index (χ4n) is 3.60. The van der Waals surface area contributed by atoms with E-state index in [-0.39, 0.29) is 5.78 Å². The van der Waals surface area contributed by atoms with E-state index >= 15 is 0 Å². The number of hydrogen-bond acceptors (Lipinski definition) is 2. The van der Waals surface area contributed by atoms with E-state index in [2.05, 4.69) is 80.6 Å². The first-order valence-electron chi connectivity index (χ1n) is 10.6. The van der Waals surface area contributed by atoms with Crippen molar-refractivity contribution in [2.24, 2.45) is 0 Å². The van der Waals surface area contributed by atoms with Gasteiger partial charge in [-0.15, -0.1) is 0 Å². The van der Waals surface area contributed by atoms with Crippen molar-refractivity contribution in [3.05, 3.63) is 119 Å². The zero-order chi connectivity index (χ0) is 21.8. The summed E-state index contributed by atoms with van der Waals surface area (Å²) >= 11 is 1.64.